The highest BCUT2D eigenvalue weighted by atomic mass is 16.4. The SMILES string of the molecule is O=C(O)Cc1ccccc1NC(=O)CCC1CCNCC1. The van der Waals surface area contributed by atoms with Gasteiger partial charge in [-0.25, -0.2) is 0 Å². The molecule has 1 fully saturated rings. The average Bonchev–Trinajstić information content (AvgIpc) is 2.48. The molecule has 5 heteroatoms. The largest absolute Gasteiger partial charge is 0.481 e. The summed E-state index contributed by atoms with van der Waals surface area (Å²) in [6.45, 7) is 2.07. The van der Waals surface area contributed by atoms with Crippen LogP contribution in [-0.4, -0.2) is 30.1 Å². The molecule has 5 nitrogen and oxygen atoms in total. The van der Waals surface area contributed by atoms with Crippen LogP contribution in [-0.2, 0) is 16.0 Å². The Labute approximate surface area is 124 Å². The van der Waals surface area contributed by atoms with Crippen LogP contribution in [0.4, 0.5) is 5.69 Å². The third-order valence-corrected chi connectivity index (χ3v) is 3.87. The van der Waals surface area contributed by atoms with Gasteiger partial charge in [0.1, 0.15) is 0 Å². The number of benzene rings is 1. The number of anilines is 1. The number of carboxylic acids is 1. The van der Waals surface area contributed by atoms with E-state index < -0.39 is 5.97 Å². The Kier molecular flexibility index (Phi) is 5.75. The fourth-order valence-electron chi connectivity index (χ4n) is 2.68. The van der Waals surface area contributed by atoms with Gasteiger partial charge in [-0.15, -0.1) is 0 Å². The molecule has 1 aromatic rings. The van der Waals surface area contributed by atoms with Crippen molar-refractivity contribution in [2.45, 2.75) is 32.1 Å². The highest BCUT2D eigenvalue weighted by Gasteiger charge is 2.15. The van der Waals surface area contributed by atoms with Crippen LogP contribution in [0.15, 0.2) is 24.3 Å². The van der Waals surface area contributed by atoms with E-state index in [0.29, 0.717) is 23.6 Å². The van der Waals surface area contributed by atoms with Gasteiger partial charge in [-0.2, -0.15) is 0 Å². The van der Waals surface area contributed by atoms with Gasteiger partial charge in [-0.05, 0) is 49.9 Å². The lowest BCUT2D eigenvalue weighted by atomic mass is 9.93. The summed E-state index contributed by atoms with van der Waals surface area (Å²) in [4.78, 5) is 22.8. The van der Waals surface area contributed by atoms with E-state index in [1.807, 2.05) is 0 Å². The number of piperidine rings is 1. The Morgan fingerprint density at radius 3 is 2.67 bits per heavy atom. The number of carbonyl (C=O) groups is 2. The van der Waals surface area contributed by atoms with Crippen LogP contribution in [0.2, 0.25) is 0 Å². The third kappa shape index (κ3) is 5.19. The Morgan fingerprint density at radius 1 is 1.24 bits per heavy atom. The maximum absolute atomic E-state index is 12.0. The number of nitrogens with one attached hydrogen (secondary N) is 2. The second kappa shape index (κ2) is 7.78. The van der Waals surface area contributed by atoms with Crippen LogP contribution in [0.25, 0.3) is 0 Å². The topological polar surface area (TPSA) is 78.4 Å². The average molecular weight is 290 g/mol. The van der Waals surface area contributed by atoms with Gasteiger partial charge in [0.2, 0.25) is 5.91 Å². The minimum absolute atomic E-state index is 0.0358. The molecule has 0 saturated carbocycles. The lowest BCUT2D eigenvalue weighted by Gasteiger charge is -2.22. The predicted molar refractivity (Wildman–Crippen MR) is 81.2 cm³/mol. The summed E-state index contributed by atoms with van der Waals surface area (Å²) in [6.07, 6.45) is 3.57. The van der Waals surface area contributed by atoms with Crippen LogP contribution >= 0.6 is 0 Å². The van der Waals surface area contributed by atoms with Crippen molar-refractivity contribution in [1.82, 2.24) is 5.32 Å². The number of aliphatic carboxylic acids is 1. The fourth-order valence-corrected chi connectivity index (χ4v) is 2.68. The monoisotopic (exact) mass is 290 g/mol. The van der Waals surface area contributed by atoms with E-state index in [2.05, 4.69) is 10.6 Å². The molecule has 1 aliphatic rings. The van der Waals surface area contributed by atoms with E-state index in [9.17, 15) is 9.59 Å². The summed E-state index contributed by atoms with van der Waals surface area (Å²) < 4.78 is 0. The van der Waals surface area contributed by atoms with Crippen molar-refractivity contribution in [3.8, 4) is 0 Å². The molecule has 0 atom stereocenters. The Morgan fingerprint density at radius 2 is 1.95 bits per heavy atom. The van der Waals surface area contributed by atoms with Gasteiger partial charge in [0.15, 0.2) is 0 Å². The molecule has 2 rings (SSSR count). The number of rotatable bonds is 6. The van der Waals surface area contributed by atoms with E-state index >= 15 is 0 Å². The normalized spacial score (nSPS) is 15.6. The maximum atomic E-state index is 12.0. The molecule has 0 unspecified atom stereocenters. The molecule has 0 aliphatic carbocycles. The van der Waals surface area contributed by atoms with Gasteiger partial charge >= 0.3 is 5.97 Å². The zero-order valence-corrected chi connectivity index (χ0v) is 12.1. The van der Waals surface area contributed by atoms with Crippen LogP contribution in [0.1, 0.15) is 31.2 Å². The van der Waals surface area contributed by atoms with E-state index in [4.69, 9.17) is 5.11 Å². The van der Waals surface area contributed by atoms with Crippen molar-refractivity contribution in [3.63, 3.8) is 0 Å². The van der Waals surface area contributed by atoms with E-state index in [1.54, 1.807) is 24.3 Å². The number of hydrogen-bond acceptors (Lipinski definition) is 3. The first-order valence-electron chi connectivity index (χ1n) is 7.45. The molecule has 1 saturated heterocycles. The van der Waals surface area contributed by atoms with Gasteiger partial charge in [-0.1, -0.05) is 18.2 Å². The fraction of sp³-hybridized carbons (Fsp3) is 0.500. The van der Waals surface area contributed by atoms with Crippen LogP contribution in [0.5, 0.6) is 0 Å². The summed E-state index contributed by atoms with van der Waals surface area (Å²) in [5, 5.41) is 15.0. The first-order valence-corrected chi connectivity index (χ1v) is 7.45. The Balaban J connectivity index is 1.85. The lowest BCUT2D eigenvalue weighted by molar-refractivity contribution is -0.136. The molecule has 0 aromatic heterocycles. The van der Waals surface area contributed by atoms with Gasteiger partial charge < -0.3 is 15.7 Å². The molecular weight excluding hydrogens is 268 g/mol. The van der Waals surface area contributed by atoms with E-state index in [0.717, 1.165) is 32.4 Å². The maximum Gasteiger partial charge on any atom is 0.307 e. The highest BCUT2D eigenvalue weighted by molar-refractivity contribution is 5.92. The molecule has 1 heterocycles. The molecule has 1 aromatic carbocycles. The van der Waals surface area contributed by atoms with Crippen LogP contribution < -0.4 is 10.6 Å². The van der Waals surface area contributed by atoms with E-state index in [1.165, 1.54) is 0 Å². The second-order valence-electron chi connectivity index (χ2n) is 5.51. The van der Waals surface area contributed by atoms with E-state index in [-0.39, 0.29) is 12.3 Å². The first kappa shape index (κ1) is 15.5. The molecule has 1 amide bonds. The number of hydrogen-bond donors (Lipinski definition) is 3. The standard InChI is InChI=1S/C16H22N2O3/c19-15(6-5-12-7-9-17-10-8-12)18-14-4-2-1-3-13(14)11-16(20)21/h1-4,12,17H,5-11H2,(H,18,19)(H,20,21). The number of amides is 1. The number of carbonyl (C=O) groups excluding carboxylic acids is 1. The number of para-hydroxylation sites is 1. The quantitative estimate of drug-likeness (QED) is 0.749. The summed E-state index contributed by atoms with van der Waals surface area (Å²) >= 11 is 0. The molecule has 114 valence electrons. The minimum Gasteiger partial charge on any atom is -0.481 e. The van der Waals surface area contributed by atoms with Gasteiger partial charge in [0, 0.05) is 12.1 Å². The molecular formula is C16H22N2O3. The summed E-state index contributed by atoms with van der Waals surface area (Å²) in [5.74, 6) is -0.316. The summed E-state index contributed by atoms with van der Waals surface area (Å²) in [5.41, 5.74) is 1.25. The number of carboxylic acid groups (broad SMARTS) is 1. The predicted octanol–water partition coefficient (Wildman–Crippen LogP) is 2.03. The van der Waals surface area contributed by atoms with Gasteiger partial charge in [0.25, 0.3) is 0 Å². The third-order valence-electron chi connectivity index (χ3n) is 3.87. The van der Waals surface area contributed by atoms with Crippen LogP contribution in [0.3, 0.4) is 0 Å². The summed E-state index contributed by atoms with van der Waals surface area (Å²) in [6, 6.07) is 7.06. The molecule has 1 aliphatic heterocycles. The smallest absolute Gasteiger partial charge is 0.307 e. The van der Waals surface area contributed by atoms with Gasteiger partial charge in [0.05, 0.1) is 6.42 Å². The lowest BCUT2D eigenvalue weighted by Crippen LogP contribution is -2.28. The first-order chi connectivity index (χ1) is 10.1. The van der Waals surface area contributed by atoms with Crippen molar-refractivity contribution in [2.75, 3.05) is 18.4 Å². The van der Waals surface area contributed by atoms with Crippen molar-refractivity contribution < 1.29 is 14.7 Å². The molecule has 21 heavy (non-hydrogen) atoms. The van der Waals surface area contributed by atoms with Crippen molar-refractivity contribution in [3.05, 3.63) is 29.8 Å². The minimum atomic E-state index is -0.897. The molecule has 0 spiro atoms. The van der Waals surface area contributed by atoms with Crippen molar-refractivity contribution in [1.29, 1.82) is 0 Å². The van der Waals surface area contributed by atoms with Crippen LogP contribution in [0, 0.1) is 5.92 Å². The van der Waals surface area contributed by atoms with Gasteiger partial charge in [-0.3, -0.25) is 9.59 Å². The molecule has 0 radical (unpaired) electrons. The Hall–Kier alpha value is -1.88. The highest BCUT2D eigenvalue weighted by Crippen LogP contribution is 2.20. The zero-order chi connectivity index (χ0) is 15.1. The second-order valence-corrected chi connectivity index (χ2v) is 5.51. The molecule has 0 bridgehead atoms. The van der Waals surface area contributed by atoms with Crippen molar-refractivity contribution in [2.24, 2.45) is 5.92 Å². The Bertz CT molecular complexity index is 496. The molecule has 3 N–H and O–H groups in total. The summed E-state index contributed by atoms with van der Waals surface area (Å²) in [7, 11) is 0. The zero-order valence-electron chi connectivity index (χ0n) is 12.1. The van der Waals surface area contributed by atoms with Crippen molar-refractivity contribution >= 4 is 17.6 Å².